The summed E-state index contributed by atoms with van der Waals surface area (Å²) in [6.07, 6.45) is 9.80. The zero-order valence-corrected chi connectivity index (χ0v) is 11.2. The minimum atomic E-state index is 0.680. The predicted molar refractivity (Wildman–Crippen MR) is 72.4 cm³/mol. The molecule has 0 aromatic carbocycles. The lowest BCUT2D eigenvalue weighted by molar-refractivity contribution is 0.436. The monoisotopic (exact) mass is 252 g/mol. The van der Waals surface area contributed by atoms with Crippen molar-refractivity contribution in [3.05, 3.63) is 29.0 Å². The Morgan fingerprint density at radius 2 is 2.35 bits per heavy atom. The lowest BCUT2D eigenvalue weighted by Gasteiger charge is -2.18. The van der Waals surface area contributed by atoms with Gasteiger partial charge in [0.05, 0.1) is 5.02 Å². The fourth-order valence-corrected chi connectivity index (χ4v) is 2.46. The number of rotatable bonds is 7. The summed E-state index contributed by atoms with van der Waals surface area (Å²) in [5, 5.41) is 4.47. The Balaban J connectivity index is 1.84. The lowest BCUT2D eigenvalue weighted by Crippen LogP contribution is -2.32. The fraction of sp³-hybridized carbons (Fsp3) is 0.643. The van der Waals surface area contributed by atoms with Crippen molar-refractivity contribution < 1.29 is 0 Å². The molecule has 0 aliphatic heterocycles. The Bertz CT molecular complexity index is 350. The molecule has 2 rings (SSSR count). The van der Waals surface area contributed by atoms with Gasteiger partial charge in [-0.25, -0.2) is 0 Å². The van der Waals surface area contributed by atoms with Crippen molar-refractivity contribution in [2.45, 2.75) is 45.1 Å². The Morgan fingerprint density at radius 3 is 3.00 bits per heavy atom. The molecule has 0 bridgehead atoms. The summed E-state index contributed by atoms with van der Waals surface area (Å²) in [4.78, 5) is 4.02. The topological polar surface area (TPSA) is 24.9 Å². The van der Waals surface area contributed by atoms with Crippen LogP contribution in [-0.2, 0) is 6.42 Å². The van der Waals surface area contributed by atoms with Gasteiger partial charge in [-0.1, -0.05) is 18.5 Å². The average Bonchev–Trinajstić information content (AvgIpc) is 3.15. The minimum absolute atomic E-state index is 0.680. The van der Waals surface area contributed by atoms with Gasteiger partial charge < -0.3 is 5.32 Å². The molecule has 1 aliphatic carbocycles. The molecule has 0 amide bonds. The molecule has 0 saturated heterocycles. The molecule has 1 N–H and O–H groups in total. The van der Waals surface area contributed by atoms with Crippen LogP contribution in [0.4, 0.5) is 0 Å². The van der Waals surface area contributed by atoms with Crippen molar-refractivity contribution in [3.8, 4) is 0 Å². The van der Waals surface area contributed by atoms with Gasteiger partial charge >= 0.3 is 0 Å². The van der Waals surface area contributed by atoms with E-state index in [1.165, 1.54) is 31.2 Å². The van der Waals surface area contributed by atoms with Gasteiger partial charge in [-0.05, 0) is 56.2 Å². The molecule has 1 fully saturated rings. The maximum atomic E-state index is 6.12. The maximum Gasteiger partial charge on any atom is 0.0621 e. The molecule has 1 aromatic heterocycles. The molecular weight excluding hydrogens is 232 g/mol. The van der Waals surface area contributed by atoms with Crippen molar-refractivity contribution in [2.75, 3.05) is 6.54 Å². The van der Waals surface area contributed by atoms with Crippen molar-refractivity contribution in [3.63, 3.8) is 0 Å². The Kier molecular flexibility index (Phi) is 4.81. The highest BCUT2D eigenvalue weighted by Crippen LogP contribution is 2.34. The van der Waals surface area contributed by atoms with Crippen molar-refractivity contribution in [1.82, 2.24) is 10.3 Å². The van der Waals surface area contributed by atoms with Gasteiger partial charge in [0.2, 0.25) is 0 Å². The average molecular weight is 253 g/mol. The Morgan fingerprint density at radius 1 is 1.53 bits per heavy atom. The van der Waals surface area contributed by atoms with Gasteiger partial charge in [-0.3, -0.25) is 4.98 Å². The molecule has 2 nitrogen and oxygen atoms in total. The van der Waals surface area contributed by atoms with Crippen LogP contribution >= 0.6 is 11.6 Å². The normalized spacial score (nSPS) is 17.1. The first-order chi connectivity index (χ1) is 8.31. The van der Waals surface area contributed by atoms with Gasteiger partial charge in [0, 0.05) is 18.4 Å². The first-order valence-electron chi connectivity index (χ1n) is 6.63. The van der Waals surface area contributed by atoms with E-state index in [0.29, 0.717) is 6.04 Å². The number of nitrogens with one attached hydrogen (secondary N) is 1. The number of aromatic nitrogens is 1. The number of hydrogen-bond acceptors (Lipinski definition) is 2. The van der Waals surface area contributed by atoms with Gasteiger partial charge in [-0.15, -0.1) is 0 Å². The Hall–Kier alpha value is -0.600. The van der Waals surface area contributed by atoms with E-state index < -0.39 is 0 Å². The van der Waals surface area contributed by atoms with E-state index >= 15 is 0 Å². The largest absolute Gasteiger partial charge is 0.314 e. The van der Waals surface area contributed by atoms with Gasteiger partial charge in [0.25, 0.3) is 0 Å². The van der Waals surface area contributed by atoms with Gasteiger partial charge in [0.15, 0.2) is 0 Å². The van der Waals surface area contributed by atoms with Crippen molar-refractivity contribution in [1.29, 1.82) is 0 Å². The summed E-state index contributed by atoms with van der Waals surface area (Å²) >= 11 is 6.12. The molecular formula is C14H21ClN2. The zero-order valence-electron chi connectivity index (χ0n) is 10.5. The van der Waals surface area contributed by atoms with E-state index in [9.17, 15) is 0 Å². The fourth-order valence-electron chi connectivity index (χ4n) is 2.25. The van der Waals surface area contributed by atoms with Crippen LogP contribution in [0.25, 0.3) is 0 Å². The molecule has 1 saturated carbocycles. The molecule has 94 valence electrons. The highest BCUT2D eigenvalue weighted by atomic mass is 35.5. The van der Waals surface area contributed by atoms with Crippen molar-refractivity contribution >= 4 is 11.6 Å². The van der Waals surface area contributed by atoms with Crippen LogP contribution in [0.3, 0.4) is 0 Å². The van der Waals surface area contributed by atoms with E-state index in [1.807, 2.05) is 12.3 Å². The summed E-state index contributed by atoms with van der Waals surface area (Å²) in [6, 6.07) is 2.71. The molecule has 1 heterocycles. The number of aryl methyl sites for hydroxylation is 1. The van der Waals surface area contributed by atoms with Gasteiger partial charge in [-0.2, -0.15) is 0 Å². The molecule has 0 radical (unpaired) electrons. The van der Waals surface area contributed by atoms with E-state index in [1.54, 1.807) is 6.20 Å². The highest BCUT2D eigenvalue weighted by molar-refractivity contribution is 6.31. The van der Waals surface area contributed by atoms with Crippen LogP contribution in [0.1, 0.15) is 38.2 Å². The summed E-state index contributed by atoms with van der Waals surface area (Å²) in [5.74, 6) is 0.905. The van der Waals surface area contributed by atoms with E-state index in [4.69, 9.17) is 11.6 Å². The predicted octanol–water partition coefficient (Wildman–Crippen LogP) is 3.45. The molecule has 17 heavy (non-hydrogen) atoms. The third-order valence-electron chi connectivity index (χ3n) is 3.43. The molecule has 1 atom stereocenters. The zero-order chi connectivity index (χ0) is 12.1. The molecule has 3 heteroatoms. The molecule has 1 aliphatic rings. The number of pyridine rings is 1. The van der Waals surface area contributed by atoms with Gasteiger partial charge in [0.1, 0.15) is 0 Å². The third kappa shape index (κ3) is 3.97. The van der Waals surface area contributed by atoms with Crippen LogP contribution in [0, 0.1) is 5.92 Å². The number of nitrogens with zero attached hydrogens (tertiary/aromatic N) is 1. The summed E-state index contributed by atoms with van der Waals surface area (Å²) < 4.78 is 0. The second-order valence-corrected chi connectivity index (χ2v) is 5.31. The quantitative estimate of drug-likeness (QED) is 0.804. The maximum absolute atomic E-state index is 6.12. The van der Waals surface area contributed by atoms with Crippen molar-refractivity contribution in [2.24, 2.45) is 5.92 Å². The molecule has 1 aromatic rings. The minimum Gasteiger partial charge on any atom is -0.314 e. The lowest BCUT2D eigenvalue weighted by atomic mass is 10.0. The first kappa shape index (κ1) is 12.8. The summed E-state index contributed by atoms with van der Waals surface area (Å²) in [6.45, 7) is 3.35. The second kappa shape index (κ2) is 6.36. The first-order valence-corrected chi connectivity index (χ1v) is 7.00. The van der Waals surface area contributed by atoms with E-state index in [-0.39, 0.29) is 0 Å². The summed E-state index contributed by atoms with van der Waals surface area (Å²) in [7, 11) is 0. The Labute approximate surface area is 109 Å². The van der Waals surface area contributed by atoms with Crippen LogP contribution in [0.15, 0.2) is 18.5 Å². The van der Waals surface area contributed by atoms with Crippen LogP contribution in [0.2, 0.25) is 5.02 Å². The highest BCUT2D eigenvalue weighted by Gasteiger charge is 2.30. The number of halogens is 1. The second-order valence-electron chi connectivity index (χ2n) is 4.90. The van der Waals surface area contributed by atoms with Crippen LogP contribution in [0.5, 0.6) is 0 Å². The van der Waals surface area contributed by atoms with Crippen LogP contribution in [-0.4, -0.2) is 17.6 Å². The number of hydrogen-bond donors (Lipinski definition) is 1. The molecule has 0 spiro atoms. The standard InChI is InChI=1S/C14H21ClN2/c1-2-8-17-14(12-3-4-12)6-5-11-7-9-16-10-13(11)15/h7,9-10,12,14,17H,2-6,8H2,1H3. The smallest absolute Gasteiger partial charge is 0.0621 e. The van der Waals surface area contributed by atoms with Crippen LogP contribution < -0.4 is 5.32 Å². The van der Waals surface area contributed by atoms with E-state index in [0.717, 1.165) is 23.9 Å². The van der Waals surface area contributed by atoms with E-state index in [2.05, 4.69) is 17.2 Å². The SMILES string of the molecule is CCCNC(CCc1ccncc1Cl)C1CC1. The molecule has 1 unspecified atom stereocenters. The summed E-state index contributed by atoms with van der Waals surface area (Å²) in [5.41, 5.74) is 1.23. The third-order valence-corrected chi connectivity index (χ3v) is 3.77.